The Morgan fingerprint density at radius 2 is 1.67 bits per heavy atom. The zero-order valence-corrected chi connectivity index (χ0v) is 11.7. The molecule has 3 heteroatoms. The Morgan fingerprint density at radius 1 is 1.06 bits per heavy atom. The van der Waals surface area contributed by atoms with Crippen molar-refractivity contribution in [1.29, 1.82) is 0 Å². The van der Waals surface area contributed by atoms with Crippen molar-refractivity contribution in [3.8, 4) is 0 Å². The molecule has 0 saturated heterocycles. The van der Waals surface area contributed by atoms with Crippen LogP contribution < -0.4 is 10.6 Å². The molecule has 2 saturated carbocycles. The molecule has 0 spiro atoms. The van der Waals surface area contributed by atoms with Crippen LogP contribution in [0.2, 0.25) is 0 Å². The minimum absolute atomic E-state index is 0.0347. The van der Waals surface area contributed by atoms with Crippen molar-refractivity contribution in [3.05, 3.63) is 0 Å². The van der Waals surface area contributed by atoms with Crippen LogP contribution in [-0.4, -0.2) is 24.5 Å². The van der Waals surface area contributed by atoms with Crippen LogP contribution in [0.1, 0.15) is 64.7 Å². The molecule has 1 amide bonds. The predicted molar refractivity (Wildman–Crippen MR) is 74.4 cm³/mol. The van der Waals surface area contributed by atoms with E-state index in [4.69, 9.17) is 0 Å². The van der Waals surface area contributed by atoms with Gasteiger partial charge in [-0.05, 0) is 45.1 Å². The van der Waals surface area contributed by atoms with Gasteiger partial charge in [0.2, 0.25) is 5.91 Å². The Hall–Kier alpha value is -0.570. The van der Waals surface area contributed by atoms with Crippen molar-refractivity contribution in [3.63, 3.8) is 0 Å². The summed E-state index contributed by atoms with van der Waals surface area (Å²) in [5.74, 6) is 0.995. The molecule has 2 aliphatic rings. The lowest BCUT2D eigenvalue weighted by atomic mass is 9.95. The van der Waals surface area contributed by atoms with Crippen molar-refractivity contribution in [2.24, 2.45) is 5.92 Å². The second kappa shape index (κ2) is 7.13. The summed E-state index contributed by atoms with van der Waals surface area (Å²) >= 11 is 0. The molecule has 104 valence electrons. The monoisotopic (exact) mass is 252 g/mol. The van der Waals surface area contributed by atoms with Gasteiger partial charge in [0.05, 0.1) is 6.04 Å². The fourth-order valence-electron chi connectivity index (χ4n) is 3.22. The van der Waals surface area contributed by atoms with Gasteiger partial charge in [-0.2, -0.15) is 0 Å². The molecule has 1 unspecified atom stereocenters. The zero-order valence-electron chi connectivity index (χ0n) is 11.7. The van der Waals surface area contributed by atoms with Gasteiger partial charge in [0.1, 0.15) is 0 Å². The highest BCUT2D eigenvalue weighted by Crippen LogP contribution is 2.23. The Bertz CT molecular complexity index is 255. The van der Waals surface area contributed by atoms with Crippen LogP contribution in [-0.2, 0) is 4.79 Å². The Labute approximate surface area is 111 Å². The second-order valence-corrected chi connectivity index (χ2v) is 6.12. The number of carbonyl (C=O) groups excluding carboxylic acids is 1. The molecule has 0 bridgehead atoms. The van der Waals surface area contributed by atoms with E-state index in [9.17, 15) is 4.79 Å². The summed E-state index contributed by atoms with van der Waals surface area (Å²) in [6, 6.07) is 0.398. The Kier molecular flexibility index (Phi) is 5.48. The van der Waals surface area contributed by atoms with Crippen molar-refractivity contribution < 1.29 is 4.79 Å². The number of hydrogen-bond donors (Lipinski definition) is 2. The highest BCUT2D eigenvalue weighted by molar-refractivity contribution is 5.81. The predicted octanol–water partition coefficient (Wildman–Crippen LogP) is 2.60. The number of rotatable bonds is 5. The van der Waals surface area contributed by atoms with Crippen LogP contribution in [0.3, 0.4) is 0 Å². The van der Waals surface area contributed by atoms with Crippen LogP contribution >= 0.6 is 0 Å². The van der Waals surface area contributed by atoms with E-state index in [0.29, 0.717) is 6.04 Å². The van der Waals surface area contributed by atoms with Gasteiger partial charge in [0.25, 0.3) is 0 Å². The molecule has 2 N–H and O–H groups in total. The molecule has 0 heterocycles. The van der Waals surface area contributed by atoms with E-state index in [1.165, 1.54) is 57.8 Å². The maximum Gasteiger partial charge on any atom is 0.237 e. The standard InChI is InChI=1S/C15H28N2O/c1-12(16-11-13-7-5-6-8-13)15(18)17-14-9-3-2-4-10-14/h12-14,16H,2-11H2,1H3,(H,17,18). The van der Waals surface area contributed by atoms with Crippen molar-refractivity contribution >= 4 is 5.91 Å². The summed E-state index contributed by atoms with van der Waals surface area (Å²) in [5.41, 5.74) is 0. The van der Waals surface area contributed by atoms with Crippen LogP contribution in [0.5, 0.6) is 0 Å². The van der Waals surface area contributed by atoms with Crippen molar-refractivity contribution in [1.82, 2.24) is 10.6 Å². The molecule has 0 aromatic carbocycles. The van der Waals surface area contributed by atoms with Gasteiger partial charge in [0, 0.05) is 6.04 Å². The average molecular weight is 252 g/mol. The summed E-state index contributed by atoms with van der Waals surface area (Å²) in [6.45, 7) is 3.01. The van der Waals surface area contributed by atoms with Crippen molar-refractivity contribution in [2.75, 3.05) is 6.54 Å². The lowest BCUT2D eigenvalue weighted by Crippen LogP contribution is -2.47. The summed E-state index contributed by atoms with van der Waals surface area (Å²) in [7, 11) is 0. The minimum atomic E-state index is -0.0347. The molecular weight excluding hydrogens is 224 g/mol. The Morgan fingerprint density at radius 3 is 2.33 bits per heavy atom. The van der Waals surface area contributed by atoms with E-state index >= 15 is 0 Å². The third kappa shape index (κ3) is 4.27. The first-order valence-corrected chi connectivity index (χ1v) is 7.79. The van der Waals surface area contributed by atoms with Crippen LogP contribution in [0.15, 0.2) is 0 Å². The highest BCUT2D eigenvalue weighted by Gasteiger charge is 2.21. The molecule has 0 aliphatic heterocycles. The van der Waals surface area contributed by atoms with Gasteiger partial charge >= 0.3 is 0 Å². The highest BCUT2D eigenvalue weighted by atomic mass is 16.2. The first-order valence-electron chi connectivity index (χ1n) is 7.79. The molecule has 0 aromatic heterocycles. The second-order valence-electron chi connectivity index (χ2n) is 6.12. The molecule has 2 rings (SSSR count). The number of carbonyl (C=O) groups is 1. The molecular formula is C15H28N2O. The van der Waals surface area contributed by atoms with Gasteiger partial charge in [-0.3, -0.25) is 4.79 Å². The third-order valence-electron chi connectivity index (χ3n) is 4.53. The largest absolute Gasteiger partial charge is 0.352 e. The SMILES string of the molecule is CC(NCC1CCCC1)C(=O)NC1CCCCC1. The fourth-order valence-corrected chi connectivity index (χ4v) is 3.22. The number of amides is 1. The van der Waals surface area contributed by atoms with Gasteiger partial charge in [-0.1, -0.05) is 32.1 Å². The van der Waals surface area contributed by atoms with Gasteiger partial charge in [-0.25, -0.2) is 0 Å². The molecule has 18 heavy (non-hydrogen) atoms. The van der Waals surface area contributed by atoms with E-state index in [-0.39, 0.29) is 11.9 Å². The summed E-state index contributed by atoms with van der Waals surface area (Å²) in [4.78, 5) is 12.0. The zero-order chi connectivity index (χ0) is 12.8. The van der Waals surface area contributed by atoms with E-state index in [1.807, 2.05) is 6.92 Å². The van der Waals surface area contributed by atoms with Gasteiger partial charge in [-0.15, -0.1) is 0 Å². The number of hydrogen-bond acceptors (Lipinski definition) is 2. The molecule has 0 aromatic rings. The molecule has 2 aliphatic carbocycles. The quantitative estimate of drug-likeness (QED) is 0.789. The lowest BCUT2D eigenvalue weighted by molar-refractivity contribution is -0.123. The van der Waals surface area contributed by atoms with Crippen LogP contribution in [0.25, 0.3) is 0 Å². The van der Waals surface area contributed by atoms with E-state index in [0.717, 1.165) is 12.5 Å². The lowest BCUT2D eigenvalue weighted by Gasteiger charge is -2.25. The Balaban J connectivity index is 1.63. The minimum Gasteiger partial charge on any atom is -0.352 e. The summed E-state index contributed by atoms with van der Waals surface area (Å²) in [5, 5.41) is 6.59. The smallest absolute Gasteiger partial charge is 0.237 e. The third-order valence-corrected chi connectivity index (χ3v) is 4.53. The van der Waals surface area contributed by atoms with Gasteiger partial charge < -0.3 is 10.6 Å². The van der Waals surface area contributed by atoms with Gasteiger partial charge in [0.15, 0.2) is 0 Å². The maximum atomic E-state index is 12.0. The molecule has 0 radical (unpaired) electrons. The first kappa shape index (κ1) is 13.9. The number of nitrogens with one attached hydrogen (secondary N) is 2. The van der Waals surface area contributed by atoms with E-state index in [1.54, 1.807) is 0 Å². The molecule has 1 atom stereocenters. The summed E-state index contributed by atoms with van der Waals surface area (Å²) < 4.78 is 0. The molecule has 2 fully saturated rings. The maximum absolute atomic E-state index is 12.0. The van der Waals surface area contributed by atoms with Crippen molar-refractivity contribution in [2.45, 2.75) is 76.8 Å². The first-order chi connectivity index (χ1) is 8.75. The van der Waals surface area contributed by atoms with Crippen LogP contribution in [0.4, 0.5) is 0 Å². The summed E-state index contributed by atoms with van der Waals surface area (Å²) in [6.07, 6.45) is 11.6. The van der Waals surface area contributed by atoms with Crippen LogP contribution in [0, 0.1) is 5.92 Å². The normalized spacial score (nSPS) is 24.1. The van der Waals surface area contributed by atoms with E-state index < -0.39 is 0 Å². The van der Waals surface area contributed by atoms with E-state index in [2.05, 4.69) is 10.6 Å². The average Bonchev–Trinajstić information content (AvgIpc) is 2.90. The molecule has 3 nitrogen and oxygen atoms in total. The fraction of sp³-hybridized carbons (Fsp3) is 0.933. The topological polar surface area (TPSA) is 41.1 Å².